The van der Waals surface area contributed by atoms with E-state index in [1.807, 2.05) is 12.1 Å². The molecule has 0 amide bonds. The average Bonchev–Trinajstić information content (AvgIpc) is 2.79. The van der Waals surface area contributed by atoms with Gasteiger partial charge < -0.3 is 24.2 Å². The Balaban J connectivity index is 1.49. The highest BCUT2D eigenvalue weighted by atomic mass is 16.5. The minimum atomic E-state index is -0.553. The molecular weight excluding hydrogens is 382 g/mol. The predicted octanol–water partition coefficient (Wildman–Crippen LogP) is 2.28. The second-order valence-electron chi connectivity index (χ2n) is 8.37. The summed E-state index contributed by atoms with van der Waals surface area (Å²) < 4.78 is 16.8. The zero-order chi connectivity index (χ0) is 21.3. The highest BCUT2D eigenvalue weighted by molar-refractivity contribution is 5.43. The van der Waals surface area contributed by atoms with Crippen molar-refractivity contribution in [3.05, 3.63) is 23.8 Å². The third-order valence-electron chi connectivity index (χ3n) is 6.17. The standard InChI is InChI=1S/C23H35N3O4/c1-28-21-7-11-26(12-8-21)16-20(27)17-30-23-13-19(3-4-22(23)29-2)15-25-9-5-18(14-24)6-10-25/h3-4,13,18,20-21,27H,5-12,15-17H2,1-2H3. The quantitative estimate of drug-likeness (QED) is 0.660. The molecule has 2 aliphatic heterocycles. The van der Waals surface area contributed by atoms with Crippen molar-refractivity contribution >= 4 is 0 Å². The van der Waals surface area contributed by atoms with Crippen LogP contribution in [-0.2, 0) is 11.3 Å². The maximum atomic E-state index is 10.5. The largest absolute Gasteiger partial charge is 0.493 e. The fraction of sp³-hybridized carbons (Fsp3) is 0.696. The van der Waals surface area contributed by atoms with Gasteiger partial charge in [-0.05, 0) is 56.5 Å². The molecule has 2 saturated heterocycles. The first kappa shape index (κ1) is 22.8. The van der Waals surface area contributed by atoms with E-state index in [1.165, 1.54) is 0 Å². The van der Waals surface area contributed by atoms with E-state index in [4.69, 9.17) is 19.5 Å². The Hall–Kier alpha value is -1.85. The number of aliphatic hydroxyl groups excluding tert-OH is 1. The van der Waals surface area contributed by atoms with Crippen molar-refractivity contribution in [3.8, 4) is 17.6 Å². The first-order valence-corrected chi connectivity index (χ1v) is 11.0. The van der Waals surface area contributed by atoms with Crippen LogP contribution >= 0.6 is 0 Å². The smallest absolute Gasteiger partial charge is 0.161 e. The number of nitriles is 1. The number of methoxy groups -OCH3 is 2. The van der Waals surface area contributed by atoms with Gasteiger partial charge in [0.15, 0.2) is 11.5 Å². The van der Waals surface area contributed by atoms with E-state index in [-0.39, 0.29) is 12.5 Å². The van der Waals surface area contributed by atoms with Crippen LogP contribution in [0.25, 0.3) is 0 Å². The molecule has 1 aromatic carbocycles. The molecule has 2 aliphatic rings. The number of hydrogen-bond acceptors (Lipinski definition) is 7. The molecule has 2 heterocycles. The SMILES string of the molecule is COc1ccc(CN2CCC(C#N)CC2)cc1OCC(O)CN1CCC(OC)CC1. The molecule has 166 valence electrons. The molecule has 1 atom stereocenters. The van der Waals surface area contributed by atoms with Crippen LogP contribution in [0.3, 0.4) is 0 Å². The molecule has 30 heavy (non-hydrogen) atoms. The number of β-amino-alcohol motifs (C(OH)–C–C–N with tert-alkyl or cyclic N) is 1. The minimum absolute atomic E-state index is 0.192. The summed E-state index contributed by atoms with van der Waals surface area (Å²) in [7, 11) is 3.39. The molecule has 1 N–H and O–H groups in total. The zero-order valence-electron chi connectivity index (χ0n) is 18.3. The van der Waals surface area contributed by atoms with Crippen molar-refractivity contribution in [1.29, 1.82) is 5.26 Å². The Labute approximate surface area is 180 Å². The molecule has 0 bridgehead atoms. The molecule has 7 heteroatoms. The van der Waals surface area contributed by atoms with Gasteiger partial charge in [0, 0.05) is 39.2 Å². The van der Waals surface area contributed by atoms with Gasteiger partial charge in [-0.1, -0.05) is 6.07 Å². The highest BCUT2D eigenvalue weighted by Gasteiger charge is 2.22. The van der Waals surface area contributed by atoms with E-state index in [9.17, 15) is 5.11 Å². The maximum Gasteiger partial charge on any atom is 0.161 e. The van der Waals surface area contributed by atoms with Crippen LogP contribution in [0.1, 0.15) is 31.2 Å². The van der Waals surface area contributed by atoms with E-state index in [2.05, 4.69) is 21.9 Å². The van der Waals surface area contributed by atoms with Crippen LogP contribution in [0.15, 0.2) is 18.2 Å². The van der Waals surface area contributed by atoms with Crippen LogP contribution in [-0.4, -0.2) is 80.7 Å². The second kappa shape index (κ2) is 11.5. The molecular formula is C23H35N3O4. The Morgan fingerprint density at radius 1 is 1.07 bits per heavy atom. The van der Waals surface area contributed by atoms with E-state index >= 15 is 0 Å². The van der Waals surface area contributed by atoms with Gasteiger partial charge in [-0.3, -0.25) is 4.90 Å². The fourth-order valence-corrected chi connectivity index (χ4v) is 4.27. The summed E-state index contributed by atoms with van der Waals surface area (Å²) in [6, 6.07) is 8.36. The predicted molar refractivity (Wildman–Crippen MR) is 115 cm³/mol. The van der Waals surface area contributed by atoms with Crippen molar-refractivity contribution in [2.45, 2.75) is 44.4 Å². The number of ether oxygens (including phenoxy) is 3. The fourth-order valence-electron chi connectivity index (χ4n) is 4.27. The van der Waals surface area contributed by atoms with Crippen LogP contribution in [0.2, 0.25) is 0 Å². The molecule has 0 aromatic heterocycles. The summed E-state index contributed by atoms with van der Waals surface area (Å²) in [6.07, 6.45) is 3.67. The van der Waals surface area contributed by atoms with Crippen molar-refractivity contribution in [3.63, 3.8) is 0 Å². The monoisotopic (exact) mass is 417 g/mol. The third-order valence-corrected chi connectivity index (χ3v) is 6.17. The van der Waals surface area contributed by atoms with Crippen molar-refractivity contribution in [2.75, 3.05) is 53.6 Å². The highest BCUT2D eigenvalue weighted by Crippen LogP contribution is 2.29. The van der Waals surface area contributed by atoms with Crippen LogP contribution in [0.5, 0.6) is 11.5 Å². The number of benzene rings is 1. The Bertz CT molecular complexity index is 692. The van der Waals surface area contributed by atoms with Crippen LogP contribution < -0.4 is 9.47 Å². The van der Waals surface area contributed by atoms with Crippen molar-refractivity contribution in [2.24, 2.45) is 5.92 Å². The lowest BCUT2D eigenvalue weighted by molar-refractivity contribution is 0.0151. The van der Waals surface area contributed by atoms with Gasteiger partial charge in [0.05, 0.1) is 19.3 Å². The van der Waals surface area contributed by atoms with Gasteiger partial charge in [-0.15, -0.1) is 0 Å². The van der Waals surface area contributed by atoms with Gasteiger partial charge in [0.25, 0.3) is 0 Å². The summed E-state index contributed by atoms with van der Waals surface area (Å²) in [6.45, 7) is 5.44. The number of likely N-dealkylation sites (tertiary alicyclic amines) is 2. The second-order valence-corrected chi connectivity index (χ2v) is 8.37. The lowest BCUT2D eigenvalue weighted by atomic mass is 9.98. The topological polar surface area (TPSA) is 78.2 Å². The van der Waals surface area contributed by atoms with Gasteiger partial charge >= 0.3 is 0 Å². The van der Waals surface area contributed by atoms with Gasteiger partial charge in [-0.25, -0.2) is 0 Å². The summed E-state index contributed by atoms with van der Waals surface area (Å²) >= 11 is 0. The summed E-state index contributed by atoms with van der Waals surface area (Å²) in [5.74, 6) is 1.53. The molecule has 7 nitrogen and oxygen atoms in total. The molecule has 2 fully saturated rings. The first-order chi connectivity index (χ1) is 14.6. The van der Waals surface area contributed by atoms with Crippen molar-refractivity contribution in [1.82, 2.24) is 9.80 Å². The molecule has 0 saturated carbocycles. The Kier molecular flexibility index (Phi) is 8.76. The number of rotatable bonds is 9. The Morgan fingerprint density at radius 2 is 1.77 bits per heavy atom. The lowest BCUT2D eigenvalue weighted by Crippen LogP contribution is -2.42. The van der Waals surface area contributed by atoms with Crippen LogP contribution in [0.4, 0.5) is 0 Å². The molecule has 1 unspecified atom stereocenters. The van der Waals surface area contributed by atoms with E-state index in [0.717, 1.165) is 64.0 Å². The summed E-state index contributed by atoms with van der Waals surface area (Å²) in [5, 5.41) is 19.5. The van der Waals surface area contributed by atoms with E-state index in [1.54, 1.807) is 14.2 Å². The molecule has 0 spiro atoms. The number of hydrogen-bond donors (Lipinski definition) is 1. The van der Waals surface area contributed by atoms with Crippen LogP contribution in [0, 0.1) is 17.2 Å². The average molecular weight is 418 g/mol. The number of aliphatic hydroxyl groups is 1. The van der Waals surface area contributed by atoms with E-state index < -0.39 is 6.10 Å². The molecule has 0 radical (unpaired) electrons. The molecule has 1 aromatic rings. The van der Waals surface area contributed by atoms with Gasteiger partial charge in [0.1, 0.15) is 12.7 Å². The zero-order valence-corrected chi connectivity index (χ0v) is 18.3. The molecule has 3 rings (SSSR count). The number of nitrogens with zero attached hydrogens (tertiary/aromatic N) is 3. The first-order valence-electron chi connectivity index (χ1n) is 11.0. The summed E-state index contributed by atoms with van der Waals surface area (Å²) in [5.41, 5.74) is 1.15. The Morgan fingerprint density at radius 3 is 2.40 bits per heavy atom. The third kappa shape index (κ3) is 6.58. The minimum Gasteiger partial charge on any atom is -0.493 e. The van der Waals surface area contributed by atoms with Gasteiger partial charge in [-0.2, -0.15) is 5.26 Å². The van der Waals surface area contributed by atoms with Crippen molar-refractivity contribution < 1.29 is 19.3 Å². The normalized spacial score (nSPS) is 20.6. The number of piperidine rings is 2. The maximum absolute atomic E-state index is 10.5. The van der Waals surface area contributed by atoms with Gasteiger partial charge in [0.2, 0.25) is 0 Å². The lowest BCUT2D eigenvalue weighted by Gasteiger charge is -2.32. The summed E-state index contributed by atoms with van der Waals surface area (Å²) in [4.78, 5) is 4.64. The molecule has 0 aliphatic carbocycles. The van der Waals surface area contributed by atoms with E-state index in [0.29, 0.717) is 24.1 Å².